The Morgan fingerprint density at radius 1 is 1.12 bits per heavy atom. The maximum absolute atomic E-state index is 11.1. The molecule has 1 aromatic rings. The molecule has 0 spiro atoms. The van der Waals surface area contributed by atoms with Crippen LogP contribution in [0.3, 0.4) is 0 Å². The molecule has 1 aromatic heterocycles. The van der Waals surface area contributed by atoms with Gasteiger partial charge >= 0.3 is 0 Å². The molecule has 0 bridgehead atoms. The van der Waals surface area contributed by atoms with Crippen molar-refractivity contribution in [3.05, 3.63) is 6.07 Å². The highest BCUT2D eigenvalue weighted by Gasteiger charge is 2.20. The third-order valence-corrected chi connectivity index (χ3v) is 5.41. The maximum Gasteiger partial charge on any atom is 0.220 e. The standard InChI is InChI=1S/C18H30N2O3S/c1-5-6-7-8-9-10-14(2)15(11-12-21)24-18-19-16(22-3)13-17(20-18)23-4/h12-15H,5-11H2,1-4H3. The molecule has 1 rings (SSSR count). The monoisotopic (exact) mass is 354 g/mol. The molecule has 0 aliphatic carbocycles. The summed E-state index contributed by atoms with van der Waals surface area (Å²) in [5.74, 6) is 1.38. The first-order valence-electron chi connectivity index (χ1n) is 8.71. The highest BCUT2D eigenvalue weighted by atomic mass is 32.2. The van der Waals surface area contributed by atoms with Crippen LogP contribution in [0, 0.1) is 5.92 Å². The van der Waals surface area contributed by atoms with E-state index in [4.69, 9.17) is 9.47 Å². The molecule has 0 fully saturated rings. The van der Waals surface area contributed by atoms with Gasteiger partial charge in [-0.05, 0) is 12.3 Å². The molecule has 6 heteroatoms. The molecule has 0 radical (unpaired) electrons. The first-order valence-corrected chi connectivity index (χ1v) is 9.59. The molecular weight excluding hydrogens is 324 g/mol. The number of carbonyl (C=O) groups is 1. The van der Waals surface area contributed by atoms with E-state index in [-0.39, 0.29) is 5.25 Å². The maximum atomic E-state index is 11.1. The van der Waals surface area contributed by atoms with Crippen LogP contribution in [0.4, 0.5) is 0 Å². The van der Waals surface area contributed by atoms with Crippen molar-refractivity contribution in [1.82, 2.24) is 9.97 Å². The average molecular weight is 355 g/mol. The lowest BCUT2D eigenvalue weighted by molar-refractivity contribution is -0.108. The molecular formula is C18H30N2O3S. The molecule has 1 heterocycles. The van der Waals surface area contributed by atoms with Gasteiger partial charge in [-0.3, -0.25) is 0 Å². The number of methoxy groups -OCH3 is 2. The smallest absolute Gasteiger partial charge is 0.220 e. The van der Waals surface area contributed by atoms with Crippen LogP contribution in [-0.4, -0.2) is 35.7 Å². The summed E-state index contributed by atoms with van der Waals surface area (Å²) in [6.45, 7) is 4.43. The second kappa shape index (κ2) is 12.1. The Kier molecular flexibility index (Phi) is 10.5. The lowest BCUT2D eigenvalue weighted by Crippen LogP contribution is -2.16. The summed E-state index contributed by atoms with van der Waals surface area (Å²) in [4.78, 5) is 19.8. The van der Waals surface area contributed by atoms with Gasteiger partial charge in [-0.1, -0.05) is 57.7 Å². The molecule has 0 N–H and O–H groups in total. The van der Waals surface area contributed by atoms with E-state index in [2.05, 4.69) is 23.8 Å². The van der Waals surface area contributed by atoms with Crippen LogP contribution < -0.4 is 9.47 Å². The Morgan fingerprint density at radius 2 is 1.75 bits per heavy atom. The van der Waals surface area contributed by atoms with Gasteiger partial charge in [-0.2, -0.15) is 9.97 Å². The third-order valence-electron chi connectivity index (χ3n) is 4.06. The predicted octanol–water partition coefficient (Wildman–Crippen LogP) is 4.54. The van der Waals surface area contributed by atoms with Crippen molar-refractivity contribution in [3.8, 4) is 11.8 Å². The Labute approximate surface area is 149 Å². The first kappa shape index (κ1) is 20.7. The van der Waals surface area contributed by atoms with Crippen molar-refractivity contribution in [1.29, 1.82) is 0 Å². The van der Waals surface area contributed by atoms with E-state index in [9.17, 15) is 4.79 Å². The lowest BCUT2D eigenvalue weighted by atomic mass is 9.97. The Bertz CT molecular complexity index is 463. The van der Waals surface area contributed by atoms with E-state index >= 15 is 0 Å². The van der Waals surface area contributed by atoms with Crippen LogP contribution in [0.1, 0.15) is 58.8 Å². The molecule has 0 saturated carbocycles. The molecule has 0 saturated heterocycles. The number of rotatable bonds is 13. The Hall–Kier alpha value is -1.30. The van der Waals surface area contributed by atoms with Crippen LogP contribution in [0.5, 0.6) is 11.8 Å². The van der Waals surface area contributed by atoms with Crippen LogP contribution in [-0.2, 0) is 4.79 Å². The Morgan fingerprint density at radius 3 is 2.29 bits per heavy atom. The van der Waals surface area contributed by atoms with E-state index in [1.165, 1.54) is 43.9 Å². The second-order valence-electron chi connectivity index (χ2n) is 5.97. The first-order chi connectivity index (χ1) is 11.6. The van der Waals surface area contributed by atoms with Gasteiger partial charge in [0.05, 0.1) is 20.3 Å². The van der Waals surface area contributed by atoms with Gasteiger partial charge in [-0.15, -0.1) is 0 Å². The van der Waals surface area contributed by atoms with Crippen LogP contribution in [0.15, 0.2) is 11.2 Å². The normalized spacial score (nSPS) is 13.3. The van der Waals surface area contributed by atoms with Gasteiger partial charge in [0.25, 0.3) is 0 Å². The highest BCUT2D eigenvalue weighted by Crippen LogP contribution is 2.32. The van der Waals surface area contributed by atoms with E-state index in [0.29, 0.717) is 29.3 Å². The fourth-order valence-electron chi connectivity index (χ4n) is 2.53. The molecule has 2 atom stereocenters. The van der Waals surface area contributed by atoms with Crippen molar-refractivity contribution < 1.29 is 14.3 Å². The van der Waals surface area contributed by atoms with Gasteiger partial charge in [-0.25, -0.2) is 0 Å². The summed E-state index contributed by atoms with van der Waals surface area (Å²) >= 11 is 1.54. The highest BCUT2D eigenvalue weighted by molar-refractivity contribution is 7.99. The minimum Gasteiger partial charge on any atom is -0.481 e. The van der Waals surface area contributed by atoms with Gasteiger partial charge in [0, 0.05) is 11.7 Å². The number of ether oxygens (including phenoxy) is 2. The molecule has 136 valence electrons. The molecule has 24 heavy (non-hydrogen) atoms. The molecule has 0 aliphatic rings. The minimum absolute atomic E-state index is 0.172. The van der Waals surface area contributed by atoms with E-state index < -0.39 is 0 Å². The van der Waals surface area contributed by atoms with Crippen molar-refractivity contribution >= 4 is 18.0 Å². The summed E-state index contributed by atoms with van der Waals surface area (Å²) in [6.07, 6.45) is 8.94. The predicted molar refractivity (Wildman–Crippen MR) is 98.0 cm³/mol. The summed E-state index contributed by atoms with van der Waals surface area (Å²) in [5.41, 5.74) is 0. The lowest BCUT2D eigenvalue weighted by Gasteiger charge is -2.21. The SMILES string of the molecule is CCCCCCCC(C)C(CC=O)Sc1nc(OC)cc(OC)n1. The zero-order valence-corrected chi connectivity index (χ0v) is 16.1. The van der Waals surface area contributed by atoms with E-state index in [0.717, 1.165) is 12.7 Å². The number of aromatic nitrogens is 2. The van der Waals surface area contributed by atoms with Gasteiger partial charge < -0.3 is 14.3 Å². The number of thioether (sulfide) groups is 1. The van der Waals surface area contributed by atoms with Crippen LogP contribution >= 0.6 is 11.8 Å². The number of carbonyl (C=O) groups excluding carboxylic acids is 1. The molecule has 2 unspecified atom stereocenters. The van der Waals surface area contributed by atoms with Gasteiger partial charge in [0.2, 0.25) is 11.8 Å². The van der Waals surface area contributed by atoms with Crippen molar-refractivity contribution in [2.24, 2.45) is 5.92 Å². The second-order valence-corrected chi connectivity index (χ2v) is 7.18. The van der Waals surface area contributed by atoms with Crippen LogP contribution in [0.25, 0.3) is 0 Å². The van der Waals surface area contributed by atoms with Crippen molar-refractivity contribution in [3.63, 3.8) is 0 Å². The molecule has 0 amide bonds. The third kappa shape index (κ3) is 7.51. The summed E-state index contributed by atoms with van der Waals surface area (Å²) in [6, 6.07) is 1.65. The van der Waals surface area contributed by atoms with Gasteiger partial charge in [0.15, 0.2) is 5.16 Å². The zero-order chi connectivity index (χ0) is 17.8. The summed E-state index contributed by atoms with van der Waals surface area (Å²) < 4.78 is 10.4. The quantitative estimate of drug-likeness (QED) is 0.224. The van der Waals surface area contributed by atoms with Crippen LogP contribution in [0.2, 0.25) is 0 Å². The summed E-state index contributed by atoms with van der Waals surface area (Å²) in [5, 5.41) is 0.765. The van der Waals surface area contributed by atoms with Gasteiger partial charge in [0.1, 0.15) is 6.29 Å². The summed E-state index contributed by atoms with van der Waals surface area (Å²) in [7, 11) is 3.14. The van der Waals surface area contributed by atoms with Crippen molar-refractivity contribution in [2.45, 2.75) is 69.2 Å². The number of hydrogen-bond acceptors (Lipinski definition) is 6. The molecule has 5 nitrogen and oxygen atoms in total. The fourth-order valence-corrected chi connectivity index (χ4v) is 3.63. The van der Waals surface area contributed by atoms with E-state index in [1.54, 1.807) is 20.3 Å². The topological polar surface area (TPSA) is 61.3 Å². The Balaban J connectivity index is 2.65. The number of hydrogen-bond donors (Lipinski definition) is 0. The van der Waals surface area contributed by atoms with Crippen molar-refractivity contribution in [2.75, 3.05) is 14.2 Å². The number of unbranched alkanes of at least 4 members (excludes halogenated alkanes) is 4. The number of aldehydes is 1. The van der Waals surface area contributed by atoms with E-state index in [1.807, 2.05) is 0 Å². The molecule has 0 aliphatic heterocycles. The fraction of sp³-hybridized carbons (Fsp3) is 0.722. The number of nitrogens with zero attached hydrogens (tertiary/aromatic N) is 2. The molecule has 0 aromatic carbocycles. The minimum atomic E-state index is 0.172. The zero-order valence-electron chi connectivity index (χ0n) is 15.3. The largest absolute Gasteiger partial charge is 0.481 e. The average Bonchev–Trinajstić information content (AvgIpc) is 2.60.